The first-order chi connectivity index (χ1) is 20.9. The second-order valence-corrected chi connectivity index (χ2v) is 10.8. The first-order valence-corrected chi connectivity index (χ1v) is 14.1. The zero-order valence-corrected chi connectivity index (χ0v) is 23.7. The summed E-state index contributed by atoms with van der Waals surface area (Å²) < 4.78 is 9.72. The zero-order chi connectivity index (χ0) is 30.1. The third-order valence-electron chi connectivity index (χ3n) is 8.19. The number of hydrogen-bond donors (Lipinski definition) is 1. The number of likely N-dealkylation sites (tertiary alicyclic amines) is 2. The summed E-state index contributed by atoms with van der Waals surface area (Å²) in [6.45, 7) is 7.24. The van der Waals surface area contributed by atoms with Gasteiger partial charge in [-0.05, 0) is 44.0 Å². The van der Waals surface area contributed by atoms with Crippen LogP contribution in [0.25, 0.3) is 16.8 Å². The van der Waals surface area contributed by atoms with E-state index in [0.717, 1.165) is 18.5 Å². The van der Waals surface area contributed by atoms with Crippen molar-refractivity contribution < 1.29 is 19.4 Å². The van der Waals surface area contributed by atoms with E-state index in [1.807, 2.05) is 22.6 Å². The minimum Gasteiger partial charge on any atom is -0.479 e. The van der Waals surface area contributed by atoms with Crippen molar-refractivity contribution in [3.05, 3.63) is 72.5 Å². The van der Waals surface area contributed by atoms with Gasteiger partial charge in [0.05, 0.1) is 36.2 Å². The minimum atomic E-state index is -0.753. The summed E-state index contributed by atoms with van der Waals surface area (Å²) in [5.74, 6) is 0.156. The van der Waals surface area contributed by atoms with E-state index in [2.05, 4.69) is 33.0 Å². The van der Waals surface area contributed by atoms with Crippen molar-refractivity contribution in [1.82, 2.24) is 39.4 Å². The van der Waals surface area contributed by atoms with Gasteiger partial charge in [-0.1, -0.05) is 17.9 Å². The zero-order valence-electron chi connectivity index (χ0n) is 23.7. The van der Waals surface area contributed by atoms with E-state index in [1.54, 1.807) is 40.0 Å². The maximum absolute atomic E-state index is 13.0. The Kier molecular flexibility index (Phi) is 7.60. The number of aliphatic hydroxyl groups is 1. The highest BCUT2D eigenvalue weighted by Crippen LogP contribution is 2.34. The van der Waals surface area contributed by atoms with Crippen LogP contribution in [0.1, 0.15) is 41.9 Å². The molecule has 2 saturated heterocycles. The van der Waals surface area contributed by atoms with E-state index in [1.165, 1.54) is 12.3 Å². The summed E-state index contributed by atoms with van der Waals surface area (Å²) >= 11 is 0. The van der Waals surface area contributed by atoms with Crippen LogP contribution < -0.4 is 4.74 Å². The molecule has 220 valence electrons. The normalized spacial score (nSPS) is 16.5. The Morgan fingerprint density at radius 1 is 1.26 bits per heavy atom. The SMILES string of the molecule is C=CC(=O)N1CC(C(=O)N2CCC(n3nnc(-c4cc(O[C@@H](CO)c5ccccn5)c5c(C#N)cnn5c4)c3C)CC2)C1. The largest absolute Gasteiger partial charge is 0.479 e. The molecule has 2 aliphatic rings. The number of amides is 2. The number of ether oxygens (including phenoxy) is 1. The maximum Gasteiger partial charge on any atom is 0.246 e. The molecule has 0 saturated carbocycles. The van der Waals surface area contributed by atoms with Crippen molar-refractivity contribution in [3.63, 3.8) is 0 Å². The number of hydrogen-bond acceptors (Lipinski definition) is 9. The Balaban J connectivity index is 1.21. The molecule has 4 aromatic heterocycles. The van der Waals surface area contributed by atoms with Crippen LogP contribution in [0.3, 0.4) is 0 Å². The number of nitriles is 1. The van der Waals surface area contributed by atoms with Gasteiger partial charge in [-0.3, -0.25) is 14.6 Å². The molecule has 0 bridgehead atoms. The van der Waals surface area contributed by atoms with Crippen molar-refractivity contribution in [2.24, 2.45) is 5.92 Å². The molecule has 2 aliphatic heterocycles. The molecular formula is C30H31N9O4. The fourth-order valence-corrected chi connectivity index (χ4v) is 5.78. The van der Waals surface area contributed by atoms with E-state index in [9.17, 15) is 20.0 Å². The van der Waals surface area contributed by atoms with Crippen LogP contribution in [0, 0.1) is 24.2 Å². The molecule has 0 unspecified atom stereocenters. The summed E-state index contributed by atoms with van der Waals surface area (Å²) in [5, 5.41) is 33.1. The molecule has 0 aliphatic carbocycles. The lowest BCUT2D eigenvalue weighted by Crippen LogP contribution is -2.57. The predicted molar refractivity (Wildman–Crippen MR) is 153 cm³/mol. The first kappa shape index (κ1) is 28.0. The first-order valence-electron chi connectivity index (χ1n) is 14.1. The van der Waals surface area contributed by atoms with Gasteiger partial charge in [0.1, 0.15) is 28.6 Å². The molecule has 2 amide bonds. The molecule has 43 heavy (non-hydrogen) atoms. The number of carbonyl (C=O) groups is 2. The van der Waals surface area contributed by atoms with Crippen molar-refractivity contribution >= 4 is 17.3 Å². The monoisotopic (exact) mass is 581 g/mol. The molecule has 1 atom stereocenters. The van der Waals surface area contributed by atoms with Crippen LogP contribution in [-0.2, 0) is 9.59 Å². The maximum atomic E-state index is 13.0. The molecule has 13 nitrogen and oxygen atoms in total. The van der Waals surface area contributed by atoms with E-state index >= 15 is 0 Å². The van der Waals surface area contributed by atoms with E-state index < -0.39 is 6.10 Å². The van der Waals surface area contributed by atoms with Gasteiger partial charge in [-0.25, -0.2) is 9.20 Å². The van der Waals surface area contributed by atoms with Crippen LogP contribution in [0.4, 0.5) is 0 Å². The van der Waals surface area contributed by atoms with Gasteiger partial charge in [-0.2, -0.15) is 10.4 Å². The third kappa shape index (κ3) is 5.21. The van der Waals surface area contributed by atoms with Gasteiger partial charge in [0, 0.05) is 44.1 Å². The molecule has 2 fully saturated rings. The molecule has 13 heteroatoms. The second-order valence-electron chi connectivity index (χ2n) is 10.8. The number of aromatic nitrogens is 6. The molecule has 0 aromatic carbocycles. The Morgan fingerprint density at radius 3 is 2.72 bits per heavy atom. The number of pyridine rings is 2. The highest BCUT2D eigenvalue weighted by molar-refractivity contribution is 5.90. The van der Waals surface area contributed by atoms with Crippen LogP contribution in [0.5, 0.6) is 5.75 Å². The van der Waals surface area contributed by atoms with E-state index in [-0.39, 0.29) is 30.4 Å². The number of piperidine rings is 1. The molecule has 0 spiro atoms. The average Bonchev–Trinajstić information content (AvgIpc) is 3.62. The van der Waals surface area contributed by atoms with Crippen molar-refractivity contribution in [1.29, 1.82) is 5.26 Å². The summed E-state index contributed by atoms with van der Waals surface area (Å²) in [5.41, 5.74) is 3.54. The fraction of sp³-hybridized carbons (Fsp3) is 0.367. The predicted octanol–water partition coefficient (Wildman–Crippen LogP) is 2.09. The van der Waals surface area contributed by atoms with Crippen LogP contribution in [-0.4, -0.2) is 89.1 Å². The highest BCUT2D eigenvalue weighted by atomic mass is 16.5. The van der Waals surface area contributed by atoms with Gasteiger partial charge in [0.25, 0.3) is 0 Å². The van der Waals surface area contributed by atoms with Crippen molar-refractivity contribution in [2.45, 2.75) is 31.9 Å². The topological polar surface area (TPSA) is 155 Å². The molecule has 0 radical (unpaired) electrons. The summed E-state index contributed by atoms with van der Waals surface area (Å²) in [6.07, 6.45) is 6.87. The molecule has 6 heterocycles. The fourth-order valence-electron chi connectivity index (χ4n) is 5.78. The molecule has 4 aromatic rings. The number of rotatable bonds is 8. The number of carbonyl (C=O) groups excluding carboxylic acids is 2. The van der Waals surface area contributed by atoms with Gasteiger partial charge >= 0.3 is 0 Å². The lowest BCUT2D eigenvalue weighted by atomic mass is 9.96. The van der Waals surface area contributed by atoms with Gasteiger partial charge in [0.2, 0.25) is 11.8 Å². The Bertz CT molecular complexity index is 1710. The molecule has 6 rings (SSSR count). The lowest BCUT2D eigenvalue weighted by molar-refractivity contribution is -0.147. The standard InChI is InChI=1S/C30H31N9O4/c1-3-27(41)37-15-22(16-37)30(42)36-10-7-23(8-11-36)39-19(2)28(34-35-39)20-12-25(29-21(13-31)14-33-38(29)17-20)43-26(18-40)24-6-4-5-9-32-24/h3-6,9,12,14,17,22-23,26,40H,1,7-8,10-11,15-16,18H2,2H3/t26-/m0/s1. The number of nitrogens with zero attached hydrogens (tertiary/aromatic N) is 9. The summed E-state index contributed by atoms with van der Waals surface area (Å²) in [7, 11) is 0. The number of fused-ring (bicyclic) bond motifs is 1. The minimum absolute atomic E-state index is 0.0720. The quantitative estimate of drug-likeness (QED) is 0.308. The summed E-state index contributed by atoms with van der Waals surface area (Å²) in [4.78, 5) is 32.5. The average molecular weight is 582 g/mol. The van der Waals surface area contributed by atoms with Crippen LogP contribution in [0.15, 0.2) is 55.5 Å². The smallest absolute Gasteiger partial charge is 0.246 e. The van der Waals surface area contributed by atoms with Gasteiger partial charge in [0.15, 0.2) is 6.10 Å². The second kappa shape index (κ2) is 11.7. The third-order valence-corrected chi connectivity index (χ3v) is 8.19. The molecule has 1 N–H and O–H groups in total. The number of aliphatic hydroxyl groups excluding tert-OH is 1. The van der Waals surface area contributed by atoms with E-state index in [4.69, 9.17) is 4.74 Å². The summed E-state index contributed by atoms with van der Waals surface area (Å²) in [6, 6.07) is 9.37. The Morgan fingerprint density at radius 2 is 2.05 bits per heavy atom. The Hall–Kier alpha value is -5.09. The van der Waals surface area contributed by atoms with Crippen LogP contribution in [0.2, 0.25) is 0 Å². The van der Waals surface area contributed by atoms with Crippen molar-refractivity contribution in [2.75, 3.05) is 32.8 Å². The van der Waals surface area contributed by atoms with Crippen molar-refractivity contribution in [3.8, 4) is 23.1 Å². The van der Waals surface area contributed by atoms with Gasteiger partial charge in [-0.15, -0.1) is 5.10 Å². The van der Waals surface area contributed by atoms with Crippen LogP contribution >= 0.6 is 0 Å². The lowest BCUT2D eigenvalue weighted by Gasteiger charge is -2.41. The van der Waals surface area contributed by atoms with E-state index in [0.29, 0.717) is 60.0 Å². The Labute approximate surface area is 247 Å². The highest BCUT2D eigenvalue weighted by Gasteiger charge is 2.38. The van der Waals surface area contributed by atoms with Gasteiger partial charge < -0.3 is 19.6 Å². The molecular weight excluding hydrogens is 550 g/mol.